The first-order valence-corrected chi connectivity index (χ1v) is 6.54. The average molecular weight is 280 g/mol. The maximum absolute atomic E-state index is 13.8. The second-order valence-corrected chi connectivity index (χ2v) is 4.92. The maximum Gasteiger partial charge on any atom is 0.324 e. The molecule has 1 fully saturated rings. The number of urea groups is 1. The van der Waals surface area contributed by atoms with Crippen LogP contribution in [0.5, 0.6) is 0 Å². The molecule has 1 aromatic carbocycles. The van der Waals surface area contributed by atoms with E-state index in [1.54, 1.807) is 25.1 Å². The van der Waals surface area contributed by atoms with Crippen molar-refractivity contribution in [2.24, 2.45) is 5.92 Å². The van der Waals surface area contributed by atoms with Gasteiger partial charge in [-0.2, -0.15) is 0 Å². The normalized spacial score (nSPS) is 17.2. The van der Waals surface area contributed by atoms with Crippen molar-refractivity contribution >= 4 is 17.7 Å². The van der Waals surface area contributed by atoms with Crippen LogP contribution in [0.2, 0.25) is 0 Å². The van der Waals surface area contributed by atoms with E-state index in [0.717, 1.165) is 0 Å². The Labute approximate surface area is 116 Å². The zero-order chi connectivity index (χ0) is 14.7. The molecule has 2 amide bonds. The van der Waals surface area contributed by atoms with Crippen molar-refractivity contribution in [3.63, 3.8) is 0 Å². The van der Waals surface area contributed by atoms with E-state index in [9.17, 15) is 14.0 Å². The highest BCUT2D eigenvalue weighted by Gasteiger charge is 2.30. The Hall–Kier alpha value is -2.11. The Bertz CT molecular complexity index is 521. The van der Waals surface area contributed by atoms with Crippen LogP contribution in [-0.2, 0) is 4.79 Å². The lowest BCUT2D eigenvalue weighted by Gasteiger charge is -2.36. The van der Waals surface area contributed by atoms with E-state index in [-0.39, 0.29) is 18.3 Å². The average Bonchev–Trinajstić information content (AvgIpc) is 2.42. The number of amides is 2. The quantitative estimate of drug-likeness (QED) is 0.919. The molecule has 1 aromatic rings. The molecule has 108 valence electrons. The van der Waals surface area contributed by atoms with Gasteiger partial charge in [-0.05, 0) is 18.6 Å². The standard InChI is InChI=1S/C14H17FN2O3/c1-10(13(18)19)9-16-7-4-8-17(14(16)20)12-6-3-2-5-11(12)15/h2-3,5-6,10H,4,7-9H2,1H3,(H,18,19). The molecule has 1 saturated heterocycles. The second kappa shape index (κ2) is 5.90. The van der Waals surface area contributed by atoms with E-state index in [1.165, 1.54) is 15.9 Å². The van der Waals surface area contributed by atoms with Crippen molar-refractivity contribution in [1.29, 1.82) is 0 Å². The number of anilines is 1. The van der Waals surface area contributed by atoms with Crippen LogP contribution in [0.1, 0.15) is 13.3 Å². The molecule has 5 nitrogen and oxygen atoms in total. The number of aliphatic carboxylic acids is 1. The number of carbonyl (C=O) groups is 2. The Balaban J connectivity index is 2.15. The Kier molecular flexibility index (Phi) is 4.22. The zero-order valence-electron chi connectivity index (χ0n) is 11.3. The summed E-state index contributed by atoms with van der Waals surface area (Å²) in [5, 5.41) is 8.91. The summed E-state index contributed by atoms with van der Waals surface area (Å²) in [5.41, 5.74) is 0.241. The van der Waals surface area contributed by atoms with Gasteiger partial charge in [0, 0.05) is 19.6 Å². The summed E-state index contributed by atoms with van der Waals surface area (Å²) in [6.45, 7) is 2.63. The SMILES string of the molecule is CC(CN1CCCN(c2ccccc2F)C1=O)C(=O)O. The molecule has 1 heterocycles. The van der Waals surface area contributed by atoms with Gasteiger partial charge in [0.2, 0.25) is 0 Å². The number of halogens is 1. The molecule has 0 radical (unpaired) electrons. The summed E-state index contributed by atoms with van der Waals surface area (Å²) in [4.78, 5) is 26.0. The number of carboxylic acids is 1. The molecule has 0 saturated carbocycles. The summed E-state index contributed by atoms with van der Waals surface area (Å²) in [5.74, 6) is -2.03. The Morgan fingerprint density at radius 2 is 2.10 bits per heavy atom. The van der Waals surface area contributed by atoms with Crippen LogP contribution in [0.15, 0.2) is 24.3 Å². The molecule has 1 unspecified atom stereocenters. The van der Waals surface area contributed by atoms with Gasteiger partial charge in [0.25, 0.3) is 0 Å². The number of rotatable bonds is 4. The molecule has 2 rings (SSSR count). The van der Waals surface area contributed by atoms with Crippen molar-refractivity contribution < 1.29 is 19.1 Å². The third-order valence-electron chi connectivity index (χ3n) is 3.37. The highest BCUT2D eigenvalue weighted by atomic mass is 19.1. The molecular weight excluding hydrogens is 263 g/mol. The van der Waals surface area contributed by atoms with Crippen molar-refractivity contribution in [2.75, 3.05) is 24.5 Å². The Morgan fingerprint density at radius 1 is 1.40 bits per heavy atom. The van der Waals surface area contributed by atoms with Gasteiger partial charge in [-0.15, -0.1) is 0 Å². The maximum atomic E-state index is 13.8. The van der Waals surface area contributed by atoms with Crippen molar-refractivity contribution in [3.8, 4) is 0 Å². The number of carboxylic acid groups (broad SMARTS) is 1. The molecule has 1 aliphatic rings. The highest BCUT2D eigenvalue weighted by molar-refractivity contribution is 5.93. The van der Waals surface area contributed by atoms with Gasteiger partial charge >= 0.3 is 12.0 Å². The lowest BCUT2D eigenvalue weighted by molar-refractivity contribution is -0.141. The highest BCUT2D eigenvalue weighted by Crippen LogP contribution is 2.23. The molecule has 1 N–H and O–H groups in total. The largest absolute Gasteiger partial charge is 0.481 e. The van der Waals surface area contributed by atoms with Crippen LogP contribution in [0.3, 0.4) is 0 Å². The van der Waals surface area contributed by atoms with Crippen LogP contribution in [0.4, 0.5) is 14.9 Å². The van der Waals surface area contributed by atoms with E-state index < -0.39 is 17.7 Å². The molecule has 1 atom stereocenters. The fourth-order valence-corrected chi connectivity index (χ4v) is 2.25. The molecule has 0 aromatic heterocycles. The first kappa shape index (κ1) is 14.3. The van der Waals surface area contributed by atoms with Gasteiger partial charge in [0.05, 0.1) is 11.6 Å². The van der Waals surface area contributed by atoms with Crippen LogP contribution in [0, 0.1) is 11.7 Å². The van der Waals surface area contributed by atoms with Crippen LogP contribution in [0.25, 0.3) is 0 Å². The number of hydrogen-bond donors (Lipinski definition) is 1. The van der Waals surface area contributed by atoms with E-state index >= 15 is 0 Å². The predicted molar refractivity (Wildman–Crippen MR) is 72.1 cm³/mol. The first-order chi connectivity index (χ1) is 9.50. The number of carbonyl (C=O) groups excluding carboxylic acids is 1. The summed E-state index contributed by atoms with van der Waals surface area (Å²) in [6, 6.07) is 5.76. The molecule has 1 aliphatic heterocycles. The fourth-order valence-electron chi connectivity index (χ4n) is 2.25. The minimum atomic E-state index is -0.944. The van der Waals surface area contributed by atoms with Gasteiger partial charge in [-0.3, -0.25) is 9.69 Å². The zero-order valence-corrected chi connectivity index (χ0v) is 11.3. The third kappa shape index (κ3) is 2.89. The van der Waals surface area contributed by atoms with Gasteiger partial charge in [-0.25, -0.2) is 9.18 Å². The number of nitrogens with zero attached hydrogens (tertiary/aromatic N) is 2. The van der Waals surface area contributed by atoms with E-state index in [0.29, 0.717) is 19.5 Å². The molecule has 0 bridgehead atoms. The van der Waals surface area contributed by atoms with Crippen LogP contribution >= 0.6 is 0 Å². The third-order valence-corrected chi connectivity index (χ3v) is 3.37. The lowest BCUT2D eigenvalue weighted by Crippen LogP contribution is -2.51. The van der Waals surface area contributed by atoms with Gasteiger partial charge in [-0.1, -0.05) is 19.1 Å². The summed E-state index contributed by atoms with van der Waals surface area (Å²) < 4.78 is 13.8. The predicted octanol–water partition coefficient (Wildman–Crippen LogP) is 2.18. The minimum absolute atomic E-state index is 0.138. The molecule has 6 heteroatoms. The number of hydrogen-bond acceptors (Lipinski definition) is 2. The first-order valence-electron chi connectivity index (χ1n) is 6.54. The van der Waals surface area contributed by atoms with E-state index in [2.05, 4.69) is 0 Å². The number of para-hydroxylation sites is 1. The second-order valence-electron chi connectivity index (χ2n) is 4.92. The van der Waals surface area contributed by atoms with Crippen molar-refractivity contribution in [1.82, 2.24) is 4.90 Å². The minimum Gasteiger partial charge on any atom is -0.481 e. The summed E-state index contributed by atoms with van der Waals surface area (Å²) >= 11 is 0. The molecule has 0 aliphatic carbocycles. The smallest absolute Gasteiger partial charge is 0.324 e. The lowest BCUT2D eigenvalue weighted by atomic mass is 10.1. The van der Waals surface area contributed by atoms with Gasteiger partial charge < -0.3 is 10.0 Å². The molecular formula is C14H17FN2O3. The van der Waals surface area contributed by atoms with Gasteiger partial charge in [0.15, 0.2) is 0 Å². The summed E-state index contributed by atoms with van der Waals surface area (Å²) in [6.07, 6.45) is 0.687. The van der Waals surface area contributed by atoms with E-state index in [4.69, 9.17) is 5.11 Å². The van der Waals surface area contributed by atoms with Crippen LogP contribution in [-0.4, -0.2) is 41.6 Å². The molecule has 20 heavy (non-hydrogen) atoms. The number of benzene rings is 1. The van der Waals surface area contributed by atoms with Crippen molar-refractivity contribution in [2.45, 2.75) is 13.3 Å². The monoisotopic (exact) mass is 280 g/mol. The Morgan fingerprint density at radius 3 is 2.75 bits per heavy atom. The van der Waals surface area contributed by atoms with E-state index in [1.807, 2.05) is 0 Å². The van der Waals surface area contributed by atoms with Crippen LogP contribution < -0.4 is 4.90 Å². The van der Waals surface area contributed by atoms with Crippen molar-refractivity contribution in [3.05, 3.63) is 30.1 Å². The fraction of sp³-hybridized carbons (Fsp3) is 0.429. The molecule has 0 spiro atoms. The van der Waals surface area contributed by atoms with Gasteiger partial charge in [0.1, 0.15) is 5.82 Å². The topological polar surface area (TPSA) is 60.9 Å². The summed E-state index contributed by atoms with van der Waals surface area (Å²) in [7, 11) is 0.